The van der Waals surface area contributed by atoms with E-state index in [9.17, 15) is 0 Å². The normalized spacial score (nSPS) is 23.8. The van der Waals surface area contributed by atoms with Crippen molar-refractivity contribution in [1.29, 1.82) is 0 Å². The van der Waals surface area contributed by atoms with E-state index in [0.717, 1.165) is 12.4 Å². The van der Waals surface area contributed by atoms with Crippen molar-refractivity contribution in [3.8, 4) is 0 Å². The molecule has 1 atom stereocenters. The number of nitrogens with one attached hydrogen (secondary N) is 1. The summed E-state index contributed by atoms with van der Waals surface area (Å²) in [7, 11) is 0. The molecule has 1 aliphatic heterocycles. The van der Waals surface area contributed by atoms with E-state index < -0.39 is 0 Å². The first kappa shape index (κ1) is 6.73. The molecule has 0 amide bonds. The summed E-state index contributed by atoms with van der Waals surface area (Å²) in [6.45, 7) is 1.10. The average Bonchev–Trinajstić information content (AvgIpc) is 2.58. The molecule has 3 heteroatoms. The monoisotopic (exact) mass is 149 g/mol. The predicted octanol–water partition coefficient (Wildman–Crippen LogP) is 0.901. The van der Waals surface area contributed by atoms with Crippen molar-refractivity contribution < 1.29 is 0 Å². The molecule has 1 saturated heterocycles. The van der Waals surface area contributed by atoms with E-state index in [1.54, 1.807) is 12.4 Å². The molecule has 2 heterocycles. The Morgan fingerprint density at radius 1 is 1.36 bits per heavy atom. The minimum Gasteiger partial charge on any atom is -0.307 e. The Morgan fingerprint density at radius 3 is 2.82 bits per heavy atom. The van der Waals surface area contributed by atoms with Gasteiger partial charge in [-0.1, -0.05) is 0 Å². The lowest BCUT2D eigenvalue weighted by Crippen LogP contribution is -2.15. The molecular weight excluding hydrogens is 138 g/mol. The first-order valence-electron chi connectivity index (χ1n) is 3.97. The van der Waals surface area contributed by atoms with Crippen molar-refractivity contribution in [1.82, 2.24) is 15.3 Å². The van der Waals surface area contributed by atoms with Crippen molar-refractivity contribution in [3.05, 3.63) is 24.3 Å². The van der Waals surface area contributed by atoms with Gasteiger partial charge in [0.2, 0.25) is 0 Å². The summed E-state index contributed by atoms with van der Waals surface area (Å²) in [5.74, 6) is 0.935. The molecule has 1 fully saturated rings. The van der Waals surface area contributed by atoms with E-state index in [2.05, 4.69) is 15.3 Å². The second-order valence-electron chi connectivity index (χ2n) is 2.76. The zero-order valence-corrected chi connectivity index (χ0v) is 6.33. The Morgan fingerprint density at radius 2 is 2.18 bits per heavy atom. The minimum absolute atomic E-state index is 0.399. The van der Waals surface area contributed by atoms with Gasteiger partial charge in [-0.05, 0) is 25.5 Å². The van der Waals surface area contributed by atoms with Crippen LogP contribution in [-0.2, 0) is 0 Å². The molecule has 0 spiro atoms. The highest BCUT2D eigenvalue weighted by Gasteiger charge is 2.17. The molecule has 3 nitrogen and oxygen atoms in total. The fourth-order valence-corrected chi connectivity index (χ4v) is 1.40. The molecule has 0 unspecified atom stereocenters. The predicted molar refractivity (Wildman–Crippen MR) is 42.0 cm³/mol. The highest BCUT2D eigenvalue weighted by molar-refractivity contribution is 4.97. The average molecular weight is 149 g/mol. The number of hydrogen-bond acceptors (Lipinski definition) is 3. The van der Waals surface area contributed by atoms with E-state index in [-0.39, 0.29) is 0 Å². The zero-order chi connectivity index (χ0) is 7.52. The Labute approximate surface area is 65.9 Å². The number of nitrogens with zero attached hydrogens (tertiary/aromatic N) is 2. The Bertz CT molecular complexity index is 216. The second-order valence-corrected chi connectivity index (χ2v) is 2.76. The lowest BCUT2D eigenvalue weighted by Gasteiger charge is -2.06. The van der Waals surface area contributed by atoms with Gasteiger partial charge in [-0.3, -0.25) is 0 Å². The van der Waals surface area contributed by atoms with Crippen molar-refractivity contribution >= 4 is 0 Å². The molecule has 0 bridgehead atoms. The highest BCUT2D eigenvalue weighted by atomic mass is 15.0. The summed E-state index contributed by atoms with van der Waals surface area (Å²) in [5.41, 5.74) is 0. The molecule has 1 N–H and O–H groups in total. The Kier molecular flexibility index (Phi) is 1.81. The summed E-state index contributed by atoms with van der Waals surface area (Å²) >= 11 is 0. The maximum atomic E-state index is 4.19. The van der Waals surface area contributed by atoms with Gasteiger partial charge in [-0.2, -0.15) is 0 Å². The van der Waals surface area contributed by atoms with E-state index in [4.69, 9.17) is 0 Å². The van der Waals surface area contributed by atoms with Crippen LogP contribution in [0.15, 0.2) is 18.5 Å². The standard InChI is InChI=1S/C8H11N3/c1-3-7(9-4-1)8-10-5-2-6-11-8/h2,5-7,9H,1,3-4H2/t7-/m1/s1. The summed E-state index contributed by atoms with van der Waals surface area (Å²) in [6, 6.07) is 2.24. The molecule has 0 radical (unpaired) electrons. The third-order valence-electron chi connectivity index (χ3n) is 1.96. The van der Waals surface area contributed by atoms with Gasteiger partial charge in [-0.15, -0.1) is 0 Å². The maximum Gasteiger partial charge on any atom is 0.145 e. The zero-order valence-electron chi connectivity index (χ0n) is 6.33. The molecule has 2 rings (SSSR count). The smallest absolute Gasteiger partial charge is 0.145 e. The second kappa shape index (κ2) is 2.96. The highest BCUT2D eigenvalue weighted by Crippen LogP contribution is 2.18. The number of rotatable bonds is 1. The molecule has 1 aromatic rings. The van der Waals surface area contributed by atoms with E-state index in [1.807, 2.05) is 6.07 Å². The lowest BCUT2D eigenvalue weighted by atomic mass is 10.2. The topological polar surface area (TPSA) is 37.8 Å². The van der Waals surface area contributed by atoms with E-state index >= 15 is 0 Å². The van der Waals surface area contributed by atoms with Crippen LogP contribution in [-0.4, -0.2) is 16.5 Å². The largest absolute Gasteiger partial charge is 0.307 e. The summed E-state index contributed by atoms with van der Waals surface area (Å²) < 4.78 is 0. The van der Waals surface area contributed by atoms with Gasteiger partial charge in [0, 0.05) is 12.4 Å². The van der Waals surface area contributed by atoms with Crippen LogP contribution < -0.4 is 5.32 Å². The summed E-state index contributed by atoms with van der Waals surface area (Å²) in [4.78, 5) is 8.37. The van der Waals surface area contributed by atoms with Gasteiger partial charge in [0.1, 0.15) is 5.82 Å². The van der Waals surface area contributed by atoms with Crippen LogP contribution in [0.3, 0.4) is 0 Å². The molecule has 0 saturated carbocycles. The third kappa shape index (κ3) is 1.38. The van der Waals surface area contributed by atoms with Crippen LogP contribution in [0.4, 0.5) is 0 Å². The maximum absolute atomic E-state index is 4.19. The van der Waals surface area contributed by atoms with Gasteiger partial charge in [0.05, 0.1) is 6.04 Å². The van der Waals surface area contributed by atoms with Crippen LogP contribution in [0.1, 0.15) is 24.7 Å². The summed E-state index contributed by atoms with van der Waals surface area (Å²) in [6.07, 6.45) is 6.00. The van der Waals surface area contributed by atoms with Gasteiger partial charge in [-0.25, -0.2) is 9.97 Å². The molecule has 0 aromatic carbocycles. The lowest BCUT2D eigenvalue weighted by molar-refractivity contribution is 0.604. The van der Waals surface area contributed by atoms with Crippen LogP contribution in [0.2, 0.25) is 0 Å². The fourth-order valence-electron chi connectivity index (χ4n) is 1.40. The van der Waals surface area contributed by atoms with Crippen LogP contribution in [0, 0.1) is 0 Å². The molecule has 11 heavy (non-hydrogen) atoms. The van der Waals surface area contributed by atoms with Crippen molar-refractivity contribution in [2.75, 3.05) is 6.54 Å². The van der Waals surface area contributed by atoms with Crippen LogP contribution in [0.5, 0.6) is 0 Å². The van der Waals surface area contributed by atoms with Gasteiger partial charge < -0.3 is 5.32 Å². The van der Waals surface area contributed by atoms with Gasteiger partial charge in [0.15, 0.2) is 0 Å². The molecule has 1 aromatic heterocycles. The first-order chi connectivity index (χ1) is 5.47. The quantitative estimate of drug-likeness (QED) is 0.644. The molecule has 58 valence electrons. The van der Waals surface area contributed by atoms with E-state index in [0.29, 0.717) is 6.04 Å². The van der Waals surface area contributed by atoms with Crippen LogP contribution in [0.25, 0.3) is 0 Å². The van der Waals surface area contributed by atoms with Crippen molar-refractivity contribution in [2.24, 2.45) is 0 Å². The number of hydrogen-bond donors (Lipinski definition) is 1. The fraction of sp³-hybridized carbons (Fsp3) is 0.500. The van der Waals surface area contributed by atoms with Crippen LogP contribution >= 0.6 is 0 Å². The molecule has 1 aliphatic rings. The molecule has 0 aliphatic carbocycles. The van der Waals surface area contributed by atoms with Crippen molar-refractivity contribution in [3.63, 3.8) is 0 Å². The molecular formula is C8H11N3. The third-order valence-corrected chi connectivity index (χ3v) is 1.96. The SMILES string of the molecule is c1cnc([C@H]2CCCN2)nc1. The Hall–Kier alpha value is -0.960. The van der Waals surface area contributed by atoms with Gasteiger partial charge in [0.25, 0.3) is 0 Å². The number of aromatic nitrogens is 2. The van der Waals surface area contributed by atoms with Gasteiger partial charge >= 0.3 is 0 Å². The van der Waals surface area contributed by atoms with E-state index in [1.165, 1.54) is 12.8 Å². The Balaban J connectivity index is 2.16. The minimum atomic E-state index is 0.399. The van der Waals surface area contributed by atoms with Crippen molar-refractivity contribution in [2.45, 2.75) is 18.9 Å². The first-order valence-corrected chi connectivity index (χ1v) is 3.97. The summed E-state index contributed by atoms with van der Waals surface area (Å²) in [5, 5.41) is 3.35.